The van der Waals surface area contributed by atoms with E-state index in [1.54, 1.807) is 20.0 Å². The summed E-state index contributed by atoms with van der Waals surface area (Å²) in [5, 5.41) is 17.0. The number of methoxy groups -OCH3 is 1. The molecular weight excluding hydrogens is 374 g/mol. The standard InChI is InChI=1S/C21H29N3O5/c1-14-19(21(2,27-3)12-18(25)28-14)29-20(26)24-11-10-22-13-15-8-9-23-17-7-5-4-6-16(15)17/h4-9,14,18-19,22,25H,10-13H2,1-3H3,(H,24,26)/t14-,18-,19-,21+/m0/s1. The first-order valence-electron chi connectivity index (χ1n) is 9.79. The van der Waals surface area contributed by atoms with Crippen LogP contribution in [0.5, 0.6) is 0 Å². The summed E-state index contributed by atoms with van der Waals surface area (Å²) in [5.41, 5.74) is 1.30. The van der Waals surface area contributed by atoms with E-state index in [-0.39, 0.29) is 6.42 Å². The van der Waals surface area contributed by atoms with Crippen LogP contribution in [0, 0.1) is 0 Å². The Morgan fingerprint density at radius 3 is 2.93 bits per heavy atom. The van der Waals surface area contributed by atoms with Gasteiger partial charge in [-0.1, -0.05) is 18.2 Å². The second-order valence-corrected chi connectivity index (χ2v) is 7.43. The first-order valence-corrected chi connectivity index (χ1v) is 9.79. The molecule has 2 heterocycles. The number of benzene rings is 1. The van der Waals surface area contributed by atoms with E-state index >= 15 is 0 Å². The molecule has 8 nitrogen and oxygen atoms in total. The van der Waals surface area contributed by atoms with E-state index in [1.165, 1.54) is 7.11 Å². The highest BCUT2D eigenvalue weighted by atomic mass is 16.7. The topological polar surface area (TPSA) is 102 Å². The van der Waals surface area contributed by atoms with Crippen molar-refractivity contribution in [3.63, 3.8) is 0 Å². The SMILES string of the molecule is CO[C@]1(C)C[C@@H](O)O[C@@H](C)[C@@H]1OC(=O)NCCNCc1ccnc2ccccc12. The van der Waals surface area contributed by atoms with Gasteiger partial charge in [0.1, 0.15) is 5.60 Å². The van der Waals surface area contributed by atoms with Crippen molar-refractivity contribution in [2.75, 3.05) is 20.2 Å². The van der Waals surface area contributed by atoms with Crippen molar-refractivity contribution in [3.05, 3.63) is 42.1 Å². The van der Waals surface area contributed by atoms with Gasteiger partial charge in [0.2, 0.25) is 0 Å². The predicted molar refractivity (Wildman–Crippen MR) is 108 cm³/mol. The van der Waals surface area contributed by atoms with Crippen molar-refractivity contribution in [1.29, 1.82) is 0 Å². The Kier molecular flexibility index (Phi) is 7.02. The number of fused-ring (bicyclic) bond motifs is 1. The quantitative estimate of drug-likeness (QED) is 0.607. The molecule has 1 saturated heterocycles. The van der Waals surface area contributed by atoms with Gasteiger partial charge in [0.05, 0.1) is 11.6 Å². The van der Waals surface area contributed by atoms with Crippen LogP contribution in [0.1, 0.15) is 25.8 Å². The van der Waals surface area contributed by atoms with Crippen molar-refractivity contribution in [2.24, 2.45) is 0 Å². The molecule has 29 heavy (non-hydrogen) atoms. The number of nitrogens with zero attached hydrogens (tertiary/aromatic N) is 1. The number of para-hydroxylation sites is 1. The number of hydrogen-bond donors (Lipinski definition) is 3. The van der Waals surface area contributed by atoms with E-state index in [2.05, 4.69) is 15.6 Å². The highest BCUT2D eigenvalue weighted by molar-refractivity contribution is 5.81. The van der Waals surface area contributed by atoms with Crippen molar-refractivity contribution >= 4 is 17.0 Å². The molecule has 0 radical (unpaired) electrons. The Morgan fingerprint density at radius 2 is 2.14 bits per heavy atom. The smallest absolute Gasteiger partial charge is 0.407 e. The number of aliphatic hydroxyl groups excluding tert-OH is 1. The molecule has 1 fully saturated rings. The number of ether oxygens (including phenoxy) is 3. The van der Waals surface area contributed by atoms with E-state index in [9.17, 15) is 9.90 Å². The number of carbonyl (C=O) groups excluding carboxylic acids is 1. The zero-order valence-electron chi connectivity index (χ0n) is 17.1. The average molecular weight is 403 g/mol. The van der Waals surface area contributed by atoms with Gasteiger partial charge in [-0.3, -0.25) is 4.98 Å². The van der Waals surface area contributed by atoms with Crippen LogP contribution < -0.4 is 10.6 Å². The number of alkyl carbamates (subject to hydrolysis) is 1. The number of aromatic nitrogens is 1. The maximum atomic E-state index is 12.2. The van der Waals surface area contributed by atoms with Crippen LogP contribution in [0.4, 0.5) is 4.79 Å². The lowest BCUT2D eigenvalue weighted by Crippen LogP contribution is -2.58. The number of nitrogens with one attached hydrogen (secondary N) is 2. The number of hydrogen-bond acceptors (Lipinski definition) is 7. The van der Waals surface area contributed by atoms with Crippen molar-refractivity contribution in [3.8, 4) is 0 Å². The van der Waals surface area contributed by atoms with E-state index in [4.69, 9.17) is 14.2 Å². The number of aliphatic hydroxyl groups is 1. The molecule has 1 aromatic heterocycles. The van der Waals surface area contributed by atoms with Crippen LogP contribution in [-0.4, -0.2) is 60.5 Å². The molecule has 3 rings (SSSR count). The minimum absolute atomic E-state index is 0.229. The second-order valence-electron chi connectivity index (χ2n) is 7.43. The third-order valence-corrected chi connectivity index (χ3v) is 5.31. The third kappa shape index (κ3) is 5.22. The summed E-state index contributed by atoms with van der Waals surface area (Å²) in [6, 6.07) is 9.98. The molecular formula is C21H29N3O5. The van der Waals surface area contributed by atoms with Crippen LogP contribution in [-0.2, 0) is 20.8 Å². The zero-order valence-corrected chi connectivity index (χ0v) is 17.1. The molecule has 1 aliphatic rings. The molecule has 0 unspecified atom stereocenters. The van der Waals surface area contributed by atoms with Crippen molar-refractivity contribution < 1.29 is 24.1 Å². The largest absolute Gasteiger partial charge is 0.440 e. The Morgan fingerprint density at radius 1 is 1.34 bits per heavy atom. The first kappa shape index (κ1) is 21.4. The third-order valence-electron chi connectivity index (χ3n) is 5.31. The number of amides is 1. The molecule has 4 atom stereocenters. The molecule has 0 spiro atoms. The lowest BCUT2D eigenvalue weighted by atomic mass is 9.88. The molecule has 158 valence electrons. The van der Waals surface area contributed by atoms with Gasteiger partial charge in [-0.15, -0.1) is 0 Å². The summed E-state index contributed by atoms with van der Waals surface area (Å²) in [6.45, 7) is 5.22. The molecule has 1 aromatic carbocycles. The van der Waals surface area contributed by atoms with Crippen LogP contribution >= 0.6 is 0 Å². The monoisotopic (exact) mass is 403 g/mol. The minimum atomic E-state index is -0.939. The Labute approximate surface area is 170 Å². The van der Waals surface area contributed by atoms with Crippen LogP contribution in [0.25, 0.3) is 10.9 Å². The van der Waals surface area contributed by atoms with E-state index in [1.807, 2.05) is 30.3 Å². The van der Waals surface area contributed by atoms with Gasteiger partial charge in [0.15, 0.2) is 12.4 Å². The van der Waals surface area contributed by atoms with E-state index < -0.39 is 30.2 Å². The summed E-state index contributed by atoms with van der Waals surface area (Å²) in [4.78, 5) is 16.6. The summed E-state index contributed by atoms with van der Waals surface area (Å²) < 4.78 is 16.4. The molecule has 0 aliphatic carbocycles. The van der Waals surface area contributed by atoms with Crippen molar-refractivity contribution in [1.82, 2.24) is 15.6 Å². The maximum Gasteiger partial charge on any atom is 0.407 e. The van der Waals surface area contributed by atoms with Crippen LogP contribution in [0.15, 0.2) is 36.5 Å². The van der Waals surface area contributed by atoms with Crippen LogP contribution in [0.2, 0.25) is 0 Å². The molecule has 2 aromatic rings. The average Bonchev–Trinajstić information content (AvgIpc) is 2.70. The van der Waals surface area contributed by atoms with Gasteiger partial charge in [-0.25, -0.2) is 4.79 Å². The fourth-order valence-electron chi connectivity index (χ4n) is 3.69. The molecule has 1 aliphatic heterocycles. The summed E-state index contributed by atoms with van der Waals surface area (Å²) in [6.07, 6.45) is -0.550. The van der Waals surface area contributed by atoms with Gasteiger partial charge in [-0.05, 0) is 31.5 Å². The fourth-order valence-corrected chi connectivity index (χ4v) is 3.69. The highest BCUT2D eigenvalue weighted by Gasteiger charge is 2.47. The van der Waals surface area contributed by atoms with Gasteiger partial charge in [0, 0.05) is 44.7 Å². The molecule has 8 heteroatoms. The van der Waals surface area contributed by atoms with Gasteiger partial charge >= 0.3 is 6.09 Å². The molecule has 3 N–H and O–H groups in total. The lowest BCUT2D eigenvalue weighted by Gasteiger charge is -2.44. The summed E-state index contributed by atoms with van der Waals surface area (Å²) in [7, 11) is 1.53. The lowest BCUT2D eigenvalue weighted by molar-refractivity contribution is -0.262. The fraction of sp³-hybridized carbons (Fsp3) is 0.524. The van der Waals surface area contributed by atoms with E-state index in [0.29, 0.717) is 19.6 Å². The summed E-state index contributed by atoms with van der Waals surface area (Å²) >= 11 is 0. The molecule has 1 amide bonds. The Hall–Kier alpha value is -2.26. The van der Waals surface area contributed by atoms with E-state index in [0.717, 1.165) is 16.5 Å². The number of rotatable bonds is 7. The normalized spacial score (nSPS) is 27.0. The maximum absolute atomic E-state index is 12.2. The van der Waals surface area contributed by atoms with Gasteiger partial charge in [0.25, 0.3) is 0 Å². The Bertz CT molecular complexity index is 828. The van der Waals surface area contributed by atoms with Crippen LogP contribution in [0.3, 0.4) is 0 Å². The predicted octanol–water partition coefficient (Wildman–Crippen LogP) is 1.95. The minimum Gasteiger partial charge on any atom is -0.440 e. The van der Waals surface area contributed by atoms with Crippen molar-refractivity contribution in [2.45, 2.75) is 50.9 Å². The number of carbonyl (C=O) groups is 1. The molecule has 0 saturated carbocycles. The zero-order chi connectivity index (χ0) is 20.9. The number of pyridine rings is 1. The first-order chi connectivity index (χ1) is 13.9. The molecule has 0 bridgehead atoms. The van der Waals surface area contributed by atoms with Gasteiger partial charge < -0.3 is 30.0 Å². The summed E-state index contributed by atoms with van der Waals surface area (Å²) in [5.74, 6) is 0. The second kappa shape index (κ2) is 9.49. The highest BCUT2D eigenvalue weighted by Crippen LogP contribution is 2.33. The Balaban J connectivity index is 1.44. The van der Waals surface area contributed by atoms with Gasteiger partial charge in [-0.2, -0.15) is 0 Å².